The maximum atomic E-state index is 12.9. The minimum absolute atomic E-state index is 0.0322. The van der Waals surface area contributed by atoms with Gasteiger partial charge in [0.15, 0.2) is 11.2 Å². The Labute approximate surface area is 199 Å². The molecule has 0 aliphatic carbocycles. The van der Waals surface area contributed by atoms with Gasteiger partial charge in [-0.2, -0.15) is 13.2 Å². The van der Waals surface area contributed by atoms with E-state index in [0.29, 0.717) is 6.29 Å². The largest absolute Gasteiger partial charge is 0.451 e. The van der Waals surface area contributed by atoms with E-state index in [1.807, 2.05) is 0 Å². The molecule has 0 aliphatic heterocycles. The van der Waals surface area contributed by atoms with Crippen molar-refractivity contribution in [3.8, 4) is 11.3 Å². The molecule has 1 N–H and O–H groups in total. The van der Waals surface area contributed by atoms with E-state index in [4.69, 9.17) is 0 Å². The van der Waals surface area contributed by atoms with Crippen LogP contribution in [0.15, 0.2) is 40.2 Å². The van der Waals surface area contributed by atoms with Crippen LogP contribution >= 0.6 is 0 Å². The smallest absolute Gasteiger partial charge is 0.313 e. The Morgan fingerprint density at radius 1 is 1.11 bits per heavy atom. The third-order valence-corrected chi connectivity index (χ3v) is 5.20. The van der Waals surface area contributed by atoms with Gasteiger partial charge in [0, 0.05) is 25.0 Å². The molecule has 12 nitrogen and oxygen atoms in total. The number of hydrogen-bond donors (Lipinski definition) is 1. The van der Waals surface area contributed by atoms with E-state index in [9.17, 15) is 32.3 Å². The summed E-state index contributed by atoms with van der Waals surface area (Å²) in [6.07, 6.45) is -2.33. The molecule has 4 heterocycles. The molecule has 0 aliphatic rings. The molecule has 0 unspecified atom stereocenters. The molecular formula is C21H17F3N8O4. The van der Waals surface area contributed by atoms with Gasteiger partial charge in [-0.3, -0.25) is 18.7 Å². The molecular weight excluding hydrogens is 485 g/mol. The highest BCUT2D eigenvalue weighted by molar-refractivity contribution is 5.91. The van der Waals surface area contributed by atoms with Crippen LogP contribution in [-0.2, 0) is 35.9 Å². The van der Waals surface area contributed by atoms with Crippen LogP contribution in [0.25, 0.3) is 22.4 Å². The van der Waals surface area contributed by atoms with Gasteiger partial charge in [-0.1, -0.05) is 6.07 Å². The van der Waals surface area contributed by atoms with Crippen LogP contribution in [-0.4, -0.2) is 45.8 Å². The maximum absolute atomic E-state index is 12.9. The number of aldehydes is 1. The van der Waals surface area contributed by atoms with Gasteiger partial charge < -0.3 is 14.7 Å². The SMILES string of the molecule is Cc1nc2c(c(=O)n(CC=O)c(=O)n2C)n1CC(=O)Nc1cccc(-c2cnc(C(F)(F)F)nc2)n1. The van der Waals surface area contributed by atoms with Gasteiger partial charge >= 0.3 is 11.9 Å². The number of nitrogens with zero attached hydrogens (tertiary/aromatic N) is 7. The van der Waals surface area contributed by atoms with Gasteiger partial charge in [-0.15, -0.1) is 0 Å². The molecule has 4 aromatic rings. The molecule has 0 spiro atoms. The fourth-order valence-corrected chi connectivity index (χ4v) is 3.51. The van der Waals surface area contributed by atoms with Crippen LogP contribution in [0, 0.1) is 6.92 Å². The summed E-state index contributed by atoms with van der Waals surface area (Å²) in [5, 5.41) is 2.55. The summed E-state index contributed by atoms with van der Waals surface area (Å²) >= 11 is 0. The highest BCUT2D eigenvalue weighted by atomic mass is 19.4. The molecule has 1 amide bonds. The molecule has 36 heavy (non-hydrogen) atoms. The van der Waals surface area contributed by atoms with Gasteiger partial charge in [0.25, 0.3) is 5.56 Å². The number of imidazole rings is 1. The number of nitrogens with one attached hydrogen (secondary N) is 1. The summed E-state index contributed by atoms with van der Waals surface area (Å²) in [7, 11) is 1.39. The minimum Gasteiger partial charge on any atom is -0.313 e. The second kappa shape index (κ2) is 9.16. The van der Waals surface area contributed by atoms with E-state index < -0.39 is 35.7 Å². The van der Waals surface area contributed by atoms with Crippen LogP contribution in [0.3, 0.4) is 0 Å². The zero-order chi connectivity index (χ0) is 26.2. The number of pyridine rings is 1. The standard InChI is InChI=1S/C21H17F3N8O4/c1-11-27-17-16(18(35)31(6-7-33)20(36)30(17)2)32(11)10-15(34)29-14-5-3-4-13(28-14)12-8-25-19(26-9-12)21(22,23)24/h3-5,7-9H,6,10H2,1-2H3,(H,28,29,34). The lowest BCUT2D eigenvalue weighted by molar-refractivity contribution is -0.145. The van der Waals surface area contributed by atoms with Crippen molar-refractivity contribution in [3.05, 3.63) is 63.1 Å². The number of carbonyl (C=O) groups is 2. The van der Waals surface area contributed by atoms with E-state index >= 15 is 0 Å². The zero-order valence-electron chi connectivity index (χ0n) is 18.8. The molecule has 0 aromatic carbocycles. The average molecular weight is 502 g/mol. The Morgan fingerprint density at radius 3 is 2.44 bits per heavy atom. The lowest BCUT2D eigenvalue weighted by Crippen LogP contribution is -2.40. The number of halogens is 3. The fraction of sp³-hybridized carbons (Fsp3) is 0.238. The average Bonchev–Trinajstić information content (AvgIpc) is 3.16. The Balaban J connectivity index is 1.61. The number of amides is 1. The molecule has 0 bridgehead atoms. The third-order valence-electron chi connectivity index (χ3n) is 5.20. The second-order valence-corrected chi connectivity index (χ2v) is 7.59. The molecule has 186 valence electrons. The third kappa shape index (κ3) is 4.49. The number of anilines is 1. The molecule has 0 saturated heterocycles. The number of alkyl halides is 3. The van der Waals surface area contributed by atoms with Crippen LogP contribution < -0.4 is 16.6 Å². The van der Waals surface area contributed by atoms with Crippen LogP contribution in [0.1, 0.15) is 11.6 Å². The van der Waals surface area contributed by atoms with Crippen molar-refractivity contribution in [2.45, 2.75) is 26.2 Å². The maximum Gasteiger partial charge on any atom is 0.451 e. The minimum atomic E-state index is -4.68. The van der Waals surface area contributed by atoms with E-state index in [2.05, 4.69) is 25.3 Å². The number of aryl methyl sites for hydroxylation is 2. The van der Waals surface area contributed by atoms with Crippen molar-refractivity contribution in [1.29, 1.82) is 0 Å². The molecule has 4 aromatic heterocycles. The molecule has 0 atom stereocenters. The van der Waals surface area contributed by atoms with Crippen LogP contribution in [0.5, 0.6) is 0 Å². The lowest BCUT2D eigenvalue weighted by atomic mass is 10.2. The second-order valence-electron chi connectivity index (χ2n) is 7.59. The first-order valence-corrected chi connectivity index (χ1v) is 10.3. The fourth-order valence-electron chi connectivity index (χ4n) is 3.51. The van der Waals surface area contributed by atoms with E-state index in [0.717, 1.165) is 21.5 Å². The lowest BCUT2D eigenvalue weighted by Gasteiger charge is -2.10. The summed E-state index contributed by atoms with van der Waals surface area (Å²) in [6, 6.07) is 4.50. The first-order valence-electron chi connectivity index (χ1n) is 10.3. The van der Waals surface area contributed by atoms with Crippen molar-refractivity contribution in [2.24, 2.45) is 7.05 Å². The van der Waals surface area contributed by atoms with Crippen LogP contribution in [0.4, 0.5) is 19.0 Å². The summed E-state index contributed by atoms with van der Waals surface area (Å²) < 4.78 is 41.2. The van der Waals surface area contributed by atoms with Crippen LogP contribution in [0.2, 0.25) is 0 Å². The molecule has 4 rings (SSSR count). The normalized spacial score (nSPS) is 11.6. The Bertz CT molecular complexity index is 1600. The highest BCUT2D eigenvalue weighted by Crippen LogP contribution is 2.26. The number of aromatic nitrogens is 7. The van der Waals surface area contributed by atoms with Gasteiger partial charge in [0.2, 0.25) is 11.7 Å². The molecule has 15 heteroatoms. The monoisotopic (exact) mass is 502 g/mol. The van der Waals surface area contributed by atoms with Gasteiger partial charge in [0.05, 0.1) is 12.2 Å². The number of hydrogen-bond acceptors (Lipinski definition) is 8. The van der Waals surface area contributed by atoms with Gasteiger partial charge in [0.1, 0.15) is 24.5 Å². The Morgan fingerprint density at radius 2 is 1.81 bits per heavy atom. The van der Waals surface area contributed by atoms with Crippen molar-refractivity contribution in [3.63, 3.8) is 0 Å². The van der Waals surface area contributed by atoms with Gasteiger partial charge in [-0.25, -0.2) is 24.7 Å². The van der Waals surface area contributed by atoms with Gasteiger partial charge in [-0.05, 0) is 19.1 Å². The predicted molar refractivity (Wildman–Crippen MR) is 119 cm³/mol. The topological polar surface area (TPSA) is 147 Å². The number of carbonyl (C=O) groups excluding carboxylic acids is 2. The van der Waals surface area contributed by atoms with E-state index in [1.54, 1.807) is 6.92 Å². The highest BCUT2D eigenvalue weighted by Gasteiger charge is 2.34. The summed E-state index contributed by atoms with van der Waals surface area (Å²) in [5.41, 5.74) is -1.04. The first-order chi connectivity index (χ1) is 17.0. The Hall–Kier alpha value is -4.69. The molecule has 0 saturated carbocycles. The van der Waals surface area contributed by atoms with Crippen molar-refractivity contribution >= 4 is 29.2 Å². The first kappa shape index (κ1) is 24.4. The molecule has 0 fully saturated rings. The quantitative estimate of drug-likeness (QED) is 0.383. The summed E-state index contributed by atoms with van der Waals surface area (Å²) in [4.78, 5) is 63.9. The zero-order valence-corrected chi connectivity index (χ0v) is 18.8. The van der Waals surface area contributed by atoms with Crippen molar-refractivity contribution in [2.75, 3.05) is 5.32 Å². The molecule has 0 radical (unpaired) electrons. The predicted octanol–water partition coefficient (Wildman–Crippen LogP) is 0.914. The number of fused-ring (bicyclic) bond motifs is 1. The van der Waals surface area contributed by atoms with Crippen molar-refractivity contribution in [1.82, 2.24) is 33.6 Å². The number of rotatable bonds is 6. The summed E-state index contributed by atoms with van der Waals surface area (Å²) in [6.45, 7) is 0.721. The van der Waals surface area contributed by atoms with Crippen molar-refractivity contribution < 1.29 is 22.8 Å². The Kier molecular flexibility index (Phi) is 6.22. The van der Waals surface area contributed by atoms with E-state index in [-0.39, 0.29) is 40.6 Å². The van der Waals surface area contributed by atoms with E-state index in [1.165, 1.54) is 29.8 Å². The summed E-state index contributed by atoms with van der Waals surface area (Å²) in [5.74, 6) is -1.52.